The molecule has 3 nitrogen and oxygen atoms in total. The number of nitriles is 1. The highest BCUT2D eigenvalue weighted by atomic mass is 19.1. The maximum atomic E-state index is 14.2. The fourth-order valence-electron chi connectivity index (χ4n) is 3.54. The van der Waals surface area contributed by atoms with Gasteiger partial charge in [0.25, 0.3) is 0 Å². The lowest BCUT2D eigenvalue weighted by Crippen LogP contribution is -2.28. The number of ether oxygens (including phenoxy) is 1. The van der Waals surface area contributed by atoms with Gasteiger partial charge in [-0.1, -0.05) is 25.0 Å². The Balaban J connectivity index is 1.86. The molecule has 0 radical (unpaired) electrons. The second-order valence-corrected chi connectivity index (χ2v) is 6.53. The van der Waals surface area contributed by atoms with Crippen LogP contribution in [0.25, 0.3) is 0 Å². The van der Waals surface area contributed by atoms with Crippen molar-refractivity contribution < 1.29 is 9.13 Å². The van der Waals surface area contributed by atoms with Crippen LogP contribution >= 0.6 is 0 Å². The lowest BCUT2D eigenvalue weighted by Gasteiger charge is -2.30. The van der Waals surface area contributed by atoms with Crippen LogP contribution in [0.4, 0.5) is 4.39 Å². The Morgan fingerprint density at radius 1 is 1.16 bits per heavy atom. The minimum atomic E-state index is -0.239. The molecular formula is C21H23FN2O. The quantitative estimate of drug-likeness (QED) is 0.801. The van der Waals surface area contributed by atoms with Gasteiger partial charge in [-0.05, 0) is 55.3 Å². The van der Waals surface area contributed by atoms with E-state index in [1.54, 1.807) is 13.2 Å². The Hall–Kier alpha value is -2.38. The van der Waals surface area contributed by atoms with Crippen LogP contribution in [0.5, 0.6) is 5.75 Å². The Bertz CT molecular complexity index is 751. The molecule has 2 aromatic carbocycles. The second-order valence-electron chi connectivity index (χ2n) is 6.53. The molecule has 1 fully saturated rings. The fraction of sp³-hybridized carbons (Fsp3) is 0.381. The molecule has 1 aliphatic rings. The SMILES string of the molecule is COc1ccc(C2CCCCCN2Cc2cc(C#N)ccc2F)cc1. The van der Waals surface area contributed by atoms with E-state index in [2.05, 4.69) is 23.1 Å². The number of hydrogen-bond acceptors (Lipinski definition) is 3. The van der Waals surface area contributed by atoms with Crippen LogP contribution in [0, 0.1) is 17.1 Å². The molecule has 3 rings (SSSR count). The van der Waals surface area contributed by atoms with Gasteiger partial charge in [-0.25, -0.2) is 4.39 Å². The maximum Gasteiger partial charge on any atom is 0.127 e. The predicted octanol–water partition coefficient (Wildman–Crippen LogP) is 4.82. The van der Waals surface area contributed by atoms with Gasteiger partial charge in [0.2, 0.25) is 0 Å². The maximum absolute atomic E-state index is 14.2. The molecule has 0 N–H and O–H groups in total. The van der Waals surface area contributed by atoms with E-state index >= 15 is 0 Å². The Morgan fingerprint density at radius 3 is 2.68 bits per heavy atom. The summed E-state index contributed by atoms with van der Waals surface area (Å²) in [6, 6.07) is 15.1. The monoisotopic (exact) mass is 338 g/mol. The second kappa shape index (κ2) is 8.13. The van der Waals surface area contributed by atoms with E-state index in [1.165, 1.54) is 30.5 Å². The number of benzene rings is 2. The Morgan fingerprint density at radius 2 is 1.96 bits per heavy atom. The molecule has 0 amide bonds. The summed E-state index contributed by atoms with van der Waals surface area (Å²) in [6.45, 7) is 1.46. The summed E-state index contributed by atoms with van der Waals surface area (Å²) in [5, 5.41) is 9.09. The first-order valence-corrected chi connectivity index (χ1v) is 8.78. The summed E-state index contributed by atoms with van der Waals surface area (Å²) in [7, 11) is 1.66. The first-order chi connectivity index (χ1) is 12.2. The smallest absolute Gasteiger partial charge is 0.127 e. The summed E-state index contributed by atoms with van der Waals surface area (Å²) in [6.07, 6.45) is 4.55. The summed E-state index contributed by atoms with van der Waals surface area (Å²) in [5.74, 6) is 0.605. The van der Waals surface area contributed by atoms with Crippen molar-refractivity contribution in [3.63, 3.8) is 0 Å². The van der Waals surface area contributed by atoms with Crippen LogP contribution in [0.15, 0.2) is 42.5 Å². The highest BCUT2D eigenvalue weighted by Crippen LogP contribution is 2.32. The Labute approximate surface area is 148 Å². The lowest BCUT2D eigenvalue weighted by molar-refractivity contribution is 0.190. The lowest BCUT2D eigenvalue weighted by atomic mass is 10.00. The van der Waals surface area contributed by atoms with Gasteiger partial charge in [-0.2, -0.15) is 5.26 Å². The molecule has 0 aliphatic carbocycles. The third-order valence-electron chi connectivity index (χ3n) is 4.91. The average molecular weight is 338 g/mol. The van der Waals surface area contributed by atoms with Crippen molar-refractivity contribution in [2.24, 2.45) is 0 Å². The van der Waals surface area contributed by atoms with Crippen molar-refractivity contribution in [3.05, 3.63) is 65.0 Å². The molecule has 1 saturated heterocycles. The van der Waals surface area contributed by atoms with Crippen molar-refractivity contribution in [2.45, 2.75) is 38.3 Å². The summed E-state index contributed by atoms with van der Waals surface area (Å²) in [5.41, 5.74) is 2.34. The molecule has 0 saturated carbocycles. The number of halogens is 1. The molecule has 1 aliphatic heterocycles. The van der Waals surface area contributed by atoms with Gasteiger partial charge in [-0.15, -0.1) is 0 Å². The van der Waals surface area contributed by atoms with Crippen molar-refractivity contribution in [3.8, 4) is 11.8 Å². The van der Waals surface area contributed by atoms with E-state index in [9.17, 15) is 4.39 Å². The zero-order valence-electron chi connectivity index (χ0n) is 14.5. The molecule has 25 heavy (non-hydrogen) atoms. The molecule has 1 atom stereocenters. The van der Waals surface area contributed by atoms with E-state index in [1.807, 2.05) is 12.1 Å². The standard InChI is InChI=1S/C21H23FN2O/c1-25-19-9-7-17(8-10-19)21-5-3-2-4-12-24(21)15-18-13-16(14-23)6-11-20(18)22/h6-11,13,21H,2-5,12,15H2,1H3. The van der Waals surface area contributed by atoms with Crippen LogP contribution in [0.3, 0.4) is 0 Å². The molecule has 0 aromatic heterocycles. The zero-order chi connectivity index (χ0) is 17.6. The normalized spacial score (nSPS) is 18.4. The minimum absolute atomic E-state index is 0.239. The number of methoxy groups -OCH3 is 1. The molecule has 4 heteroatoms. The summed E-state index contributed by atoms with van der Waals surface area (Å²) < 4.78 is 19.5. The topological polar surface area (TPSA) is 36.3 Å². The molecule has 2 aromatic rings. The number of nitrogens with zero attached hydrogens (tertiary/aromatic N) is 2. The van der Waals surface area contributed by atoms with E-state index < -0.39 is 0 Å². The van der Waals surface area contributed by atoms with Gasteiger partial charge in [0, 0.05) is 18.2 Å². The zero-order valence-corrected chi connectivity index (χ0v) is 14.5. The van der Waals surface area contributed by atoms with E-state index in [0.717, 1.165) is 25.1 Å². The third kappa shape index (κ3) is 4.18. The first kappa shape index (κ1) is 17.4. The average Bonchev–Trinajstić information content (AvgIpc) is 2.89. The van der Waals surface area contributed by atoms with Crippen molar-refractivity contribution in [1.29, 1.82) is 5.26 Å². The molecule has 130 valence electrons. The Kier molecular flexibility index (Phi) is 5.67. The predicted molar refractivity (Wildman–Crippen MR) is 95.7 cm³/mol. The highest BCUT2D eigenvalue weighted by Gasteiger charge is 2.23. The van der Waals surface area contributed by atoms with Crippen molar-refractivity contribution in [2.75, 3.05) is 13.7 Å². The fourth-order valence-corrected chi connectivity index (χ4v) is 3.54. The third-order valence-corrected chi connectivity index (χ3v) is 4.91. The van der Waals surface area contributed by atoms with Gasteiger partial charge in [0.15, 0.2) is 0 Å². The van der Waals surface area contributed by atoms with E-state index in [0.29, 0.717) is 17.7 Å². The van der Waals surface area contributed by atoms with E-state index in [-0.39, 0.29) is 11.9 Å². The number of rotatable bonds is 4. The molecular weight excluding hydrogens is 315 g/mol. The van der Waals surface area contributed by atoms with E-state index in [4.69, 9.17) is 10.00 Å². The summed E-state index contributed by atoms with van der Waals surface area (Å²) >= 11 is 0. The molecule has 1 unspecified atom stereocenters. The van der Waals surface area contributed by atoms with Crippen LogP contribution < -0.4 is 4.74 Å². The van der Waals surface area contributed by atoms with Gasteiger partial charge >= 0.3 is 0 Å². The van der Waals surface area contributed by atoms with Crippen molar-refractivity contribution >= 4 is 0 Å². The van der Waals surface area contributed by atoms with Crippen molar-refractivity contribution in [1.82, 2.24) is 4.90 Å². The van der Waals surface area contributed by atoms with Gasteiger partial charge in [0.1, 0.15) is 11.6 Å². The van der Waals surface area contributed by atoms with Crippen LogP contribution in [0.2, 0.25) is 0 Å². The van der Waals surface area contributed by atoms with Crippen LogP contribution in [-0.2, 0) is 6.54 Å². The van der Waals surface area contributed by atoms with Gasteiger partial charge in [-0.3, -0.25) is 4.90 Å². The van der Waals surface area contributed by atoms with Crippen LogP contribution in [0.1, 0.15) is 48.4 Å². The van der Waals surface area contributed by atoms with Gasteiger partial charge in [0.05, 0.1) is 18.7 Å². The first-order valence-electron chi connectivity index (χ1n) is 8.78. The van der Waals surface area contributed by atoms with Gasteiger partial charge < -0.3 is 4.74 Å². The number of hydrogen-bond donors (Lipinski definition) is 0. The van der Waals surface area contributed by atoms with Crippen LogP contribution in [-0.4, -0.2) is 18.6 Å². The highest BCUT2D eigenvalue weighted by molar-refractivity contribution is 5.34. The summed E-state index contributed by atoms with van der Waals surface area (Å²) in [4.78, 5) is 2.34. The largest absolute Gasteiger partial charge is 0.497 e. The molecule has 0 bridgehead atoms. The minimum Gasteiger partial charge on any atom is -0.497 e. The number of likely N-dealkylation sites (tertiary alicyclic amines) is 1. The molecule has 0 spiro atoms. The molecule has 1 heterocycles.